The van der Waals surface area contributed by atoms with Gasteiger partial charge in [-0.2, -0.15) is 0 Å². The first-order valence-corrected chi connectivity index (χ1v) is 7.65. The molecule has 0 aromatic heterocycles. The first kappa shape index (κ1) is 15.9. The van der Waals surface area contributed by atoms with E-state index in [-0.39, 0.29) is 6.67 Å². The maximum atomic E-state index is 12.0. The lowest BCUT2D eigenvalue weighted by Crippen LogP contribution is -2.13. The fourth-order valence-electron chi connectivity index (χ4n) is 1.49. The van der Waals surface area contributed by atoms with E-state index in [1.54, 1.807) is 0 Å². The van der Waals surface area contributed by atoms with Gasteiger partial charge in [-0.15, -0.1) is 0 Å². The van der Waals surface area contributed by atoms with Crippen molar-refractivity contribution < 1.29 is 9.13 Å². The van der Waals surface area contributed by atoms with Gasteiger partial charge in [-0.05, 0) is 62.5 Å². The highest BCUT2D eigenvalue weighted by Crippen LogP contribution is 2.34. The summed E-state index contributed by atoms with van der Waals surface area (Å²) in [7, 11) is 0. The number of alkyl halides is 1. The largest absolute Gasteiger partial charge is 0.491 e. The summed E-state index contributed by atoms with van der Waals surface area (Å²) >= 11 is 6.97. The van der Waals surface area contributed by atoms with Gasteiger partial charge < -0.3 is 10.1 Å². The van der Waals surface area contributed by atoms with Crippen molar-refractivity contribution in [1.29, 1.82) is 0 Å². The van der Waals surface area contributed by atoms with E-state index in [9.17, 15) is 4.39 Å². The van der Waals surface area contributed by atoms with Crippen molar-refractivity contribution in [2.75, 3.05) is 19.8 Å². The van der Waals surface area contributed by atoms with Crippen LogP contribution in [0.5, 0.6) is 5.75 Å². The van der Waals surface area contributed by atoms with E-state index in [4.69, 9.17) is 4.74 Å². The van der Waals surface area contributed by atoms with Gasteiger partial charge >= 0.3 is 0 Å². The highest BCUT2D eigenvalue weighted by atomic mass is 79.9. The smallest absolute Gasteiger partial charge is 0.147 e. The van der Waals surface area contributed by atoms with Crippen LogP contribution in [-0.2, 0) is 6.54 Å². The Hall–Kier alpha value is -0.130. The Morgan fingerprint density at radius 1 is 1.28 bits per heavy atom. The van der Waals surface area contributed by atoms with E-state index < -0.39 is 0 Å². The van der Waals surface area contributed by atoms with E-state index in [1.807, 2.05) is 12.1 Å². The molecule has 0 spiro atoms. The zero-order valence-electron chi connectivity index (χ0n) is 10.4. The molecule has 18 heavy (non-hydrogen) atoms. The van der Waals surface area contributed by atoms with Crippen molar-refractivity contribution in [3.63, 3.8) is 0 Å². The predicted molar refractivity (Wildman–Crippen MR) is 79.9 cm³/mol. The van der Waals surface area contributed by atoms with Crippen molar-refractivity contribution in [2.24, 2.45) is 0 Å². The van der Waals surface area contributed by atoms with Crippen molar-refractivity contribution in [3.8, 4) is 5.75 Å². The third-order valence-electron chi connectivity index (χ3n) is 2.34. The highest BCUT2D eigenvalue weighted by molar-refractivity contribution is 9.11. The van der Waals surface area contributed by atoms with Crippen LogP contribution in [0.2, 0.25) is 0 Å². The molecule has 1 aromatic carbocycles. The molecular weight excluding hydrogens is 365 g/mol. The lowest BCUT2D eigenvalue weighted by molar-refractivity contribution is 0.286. The SMILES string of the molecule is CCCNCc1cc(Br)c(OCCCF)c(Br)c1. The summed E-state index contributed by atoms with van der Waals surface area (Å²) in [6.07, 6.45) is 1.53. The number of ether oxygens (including phenoxy) is 1. The molecule has 1 rings (SSSR count). The van der Waals surface area contributed by atoms with Crippen LogP contribution in [0.25, 0.3) is 0 Å². The number of benzene rings is 1. The van der Waals surface area contributed by atoms with Crippen molar-refractivity contribution in [1.82, 2.24) is 5.32 Å². The number of halogens is 3. The second kappa shape index (κ2) is 8.88. The predicted octanol–water partition coefficient (Wildman–Crippen LogP) is 4.45. The second-order valence-corrected chi connectivity index (χ2v) is 5.67. The molecule has 0 saturated carbocycles. The number of hydrogen-bond donors (Lipinski definition) is 1. The normalized spacial score (nSPS) is 10.7. The minimum Gasteiger partial charge on any atom is -0.491 e. The van der Waals surface area contributed by atoms with Crippen LogP contribution >= 0.6 is 31.9 Å². The summed E-state index contributed by atoms with van der Waals surface area (Å²) in [5.41, 5.74) is 1.18. The Labute approximate surface area is 125 Å². The topological polar surface area (TPSA) is 21.3 Å². The van der Waals surface area contributed by atoms with Crippen molar-refractivity contribution in [2.45, 2.75) is 26.3 Å². The van der Waals surface area contributed by atoms with Crippen LogP contribution in [0.1, 0.15) is 25.3 Å². The molecule has 0 aliphatic heterocycles. The molecule has 0 radical (unpaired) electrons. The lowest BCUT2D eigenvalue weighted by Gasteiger charge is -2.12. The highest BCUT2D eigenvalue weighted by Gasteiger charge is 2.08. The number of rotatable bonds is 8. The molecule has 5 heteroatoms. The third kappa shape index (κ3) is 5.24. The Balaban J connectivity index is 2.65. The Morgan fingerprint density at radius 3 is 2.50 bits per heavy atom. The van der Waals surface area contributed by atoms with E-state index in [0.717, 1.165) is 34.2 Å². The monoisotopic (exact) mass is 381 g/mol. The standard InChI is InChI=1S/C13H18Br2FNO/c1-2-5-17-9-10-7-11(14)13(12(15)8-10)18-6-3-4-16/h7-8,17H,2-6,9H2,1H3. The van der Waals surface area contributed by atoms with E-state index in [1.165, 1.54) is 5.56 Å². The fourth-order valence-corrected chi connectivity index (χ4v) is 3.00. The van der Waals surface area contributed by atoms with Crippen LogP contribution in [0.4, 0.5) is 4.39 Å². The van der Waals surface area contributed by atoms with Gasteiger partial charge in [-0.25, -0.2) is 0 Å². The summed E-state index contributed by atoms with van der Waals surface area (Å²) in [5, 5.41) is 3.35. The average molecular weight is 383 g/mol. The molecule has 0 unspecified atom stereocenters. The maximum absolute atomic E-state index is 12.0. The van der Waals surface area contributed by atoms with Crippen LogP contribution in [0, 0.1) is 0 Å². The Bertz CT molecular complexity index is 351. The van der Waals surface area contributed by atoms with Gasteiger partial charge in [-0.3, -0.25) is 4.39 Å². The summed E-state index contributed by atoms with van der Waals surface area (Å²) in [6.45, 7) is 4.01. The summed E-state index contributed by atoms with van der Waals surface area (Å²) < 4.78 is 19.3. The number of hydrogen-bond acceptors (Lipinski definition) is 2. The first-order chi connectivity index (χ1) is 8.69. The first-order valence-electron chi connectivity index (χ1n) is 6.06. The Morgan fingerprint density at radius 2 is 1.94 bits per heavy atom. The molecule has 0 heterocycles. The van der Waals surface area contributed by atoms with E-state index in [2.05, 4.69) is 44.1 Å². The van der Waals surface area contributed by atoms with Gasteiger partial charge in [0.15, 0.2) is 0 Å². The maximum Gasteiger partial charge on any atom is 0.147 e. The van der Waals surface area contributed by atoms with Crippen LogP contribution in [0.3, 0.4) is 0 Å². The van der Waals surface area contributed by atoms with Crippen molar-refractivity contribution >= 4 is 31.9 Å². The van der Waals surface area contributed by atoms with Gasteiger partial charge in [0.1, 0.15) is 5.75 Å². The molecule has 0 aliphatic carbocycles. The zero-order chi connectivity index (χ0) is 13.4. The third-order valence-corrected chi connectivity index (χ3v) is 3.52. The second-order valence-electron chi connectivity index (χ2n) is 3.96. The van der Waals surface area contributed by atoms with Gasteiger partial charge in [0.2, 0.25) is 0 Å². The number of nitrogens with one attached hydrogen (secondary N) is 1. The van der Waals surface area contributed by atoms with Gasteiger partial charge in [0.05, 0.1) is 22.2 Å². The fraction of sp³-hybridized carbons (Fsp3) is 0.538. The summed E-state index contributed by atoms with van der Waals surface area (Å²) in [4.78, 5) is 0. The molecule has 0 atom stereocenters. The summed E-state index contributed by atoms with van der Waals surface area (Å²) in [5.74, 6) is 0.739. The molecule has 0 amide bonds. The van der Waals surface area contributed by atoms with Gasteiger partial charge in [0.25, 0.3) is 0 Å². The van der Waals surface area contributed by atoms with Crippen LogP contribution in [-0.4, -0.2) is 19.8 Å². The van der Waals surface area contributed by atoms with Crippen LogP contribution in [0.15, 0.2) is 21.1 Å². The minimum absolute atomic E-state index is 0.353. The van der Waals surface area contributed by atoms with Crippen LogP contribution < -0.4 is 10.1 Å². The molecule has 0 bridgehead atoms. The van der Waals surface area contributed by atoms with Crippen molar-refractivity contribution in [3.05, 3.63) is 26.6 Å². The molecule has 0 aliphatic rings. The zero-order valence-corrected chi connectivity index (χ0v) is 13.6. The quantitative estimate of drug-likeness (QED) is 0.670. The molecule has 0 fully saturated rings. The molecule has 1 N–H and O–H groups in total. The molecule has 0 saturated heterocycles. The van der Waals surface area contributed by atoms with E-state index >= 15 is 0 Å². The molecule has 1 aromatic rings. The average Bonchev–Trinajstić information content (AvgIpc) is 2.33. The Kier molecular flexibility index (Phi) is 7.86. The van der Waals surface area contributed by atoms with Gasteiger partial charge in [0, 0.05) is 13.0 Å². The van der Waals surface area contributed by atoms with Gasteiger partial charge in [-0.1, -0.05) is 6.92 Å². The summed E-state index contributed by atoms with van der Waals surface area (Å²) in [6, 6.07) is 4.05. The minimum atomic E-state index is -0.353. The molecule has 102 valence electrons. The molecule has 2 nitrogen and oxygen atoms in total. The lowest BCUT2D eigenvalue weighted by atomic mass is 10.2. The van der Waals surface area contributed by atoms with E-state index in [0.29, 0.717) is 13.0 Å². The molecular formula is C13H18Br2FNO.